The molecule has 2 aromatic carbocycles. The van der Waals surface area contributed by atoms with Gasteiger partial charge in [0.05, 0.1) is 16.5 Å². The molecule has 0 fully saturated rings. The molecule has 0 unspecified atom stereocenters. The Morgan fingerprint density at radius 3 is 2.50 bits per heavy atom. The summed E-state index contributed by atoms with van der Waals surface area (Å²) in [5.74, 6) is 0.819. The van der Waals surface area contributed by atoms with E-state index in [4.69, 9.17) is 25.8 Å². The number of pyridine rings is 1. The van der Waals surface area contributed by atoms with Gasteiger partial charge in [0.15, 0.2) is 0 Å². The third kappa shape index (κ3) is 4.84. The molecule has 0 aliphatic carbocycles. The molecule has 0 bridgehead atoms. The Kier molecular flexibility index (Phi) is 7.34. The molecule has 32 heavy (non-hydrogen) atoms. The predicted octanol–water partition coefficient (Wildman–Crippen LogP) is 3.83. The van der Waals surface area contributed by atoms with Crippen LogP contribution in [0.1, 0.15) is 24.2 Å². The van der Waals surface area contributed by atoms with E-state index in [1.54, 1.807) is 16.8 Å². The second kappa shape index (κ2) is 10.2. The summed E-state index contributed by atoms with van der Waals surface area (Å²) in [6.45, 7) is 3.88. The van der Waals surface area contributed by atoms with E-state index in [0.717, 1.165) is 22.3 Å². The number of nitrogens with zero attached hydrogens (tertiary/aromatic N) is 3. The second-order valence-electron chi connectivity index (χ2n) is 6.94. The van der Waals surface area contributed by atoms with Crippen LogP contribution in [0.25, 0.3) is 16.5 Å². The van der Waals surface area contributed by atoms with E-state index in [-0.39, 0.29) is 17.5 Å². The van der Waals surface area contributed by atoms with Crippen molar-refractivity contribution in [1.82, 2.24) is 14.5 Å². The van der Waals surface area contributed by atoms with Crippen LogP contribution in [0.3, 0.4) is 0 Å². The van der Waals surface area contributed by atoms with Gasteiger partial charge in [-0.2, -0.15) is 13.4 Å². The highest BCUT2D eigenvalue weighted by molar-refractivity contribution is 7.51. The molecule has 0 saturated heterocycles. The van der Waals surface area contributed by atoms with Gasteiger partial charge in [-0.3, -0.25) is 9.36 Å². The number of para-hydroxylation sites is 1. The standard InChI is InChI=1S/C22H20ClN5O.O2S/c1-13-12-25-22(24)27-20(13)26-14(2)18-11-15-7-6-10-17(23)19(15)21(29)28(18)16-8-4-3-5-9-16;1-3-2/h3-12,14H,1-2H3,(H3,24,25,26,27);/t14-;/m0./s1. The largest absolute Gasteiger partial charge is 0.368 e. The highest BCUT2D eigenvalue weighted by Crippen LogP contribution is 2.27. The van der Waals surface area contributed by atoms with Gasteiger partial charge in [0.1, 0.15) is 5.82 Å². The molecule has 0 amide bonds. The average Bonchev–Trinajstić information content (AvgIpc) is 2.77. The lowest BCUT2D eigenvalue weighted by Gasteiger charge is -2.22. The van der Waals surface area contributed by atoms with E-state index in [2.05, 4.69) is 15.3 Å². The van der Waals surface area contributed by atoms with Gasteiger partial charge in [-0.25, -0.2) is 4.98 Å². The zero-order chi connectivity index (χ0) is 23.3. The van der Waals surface area contributed by atoms with E-state index >= 15 is 0 Å². The van der Waals surface area contributed by atoms with Crippen LogP contribution in [-0.4, -0.2) is 23.0 Å². The van der Waals surface area contributed by atoms with Crippen molar-refractivity contribution in [2.45, 2.75) is 19.9 Å². The number of hydrogen-bond acceptors (Lipinski definition) is 7. The first-order valence-electron chi connectivity index (χ1n) is 9.54. The quantitative estimate of drug-likeness (QED) is 0.466. The molecule has 3 N–H and O–H groups in total. The van der Waals surface area contributed by atoms with Gasteiger partial charge in [0.25, 0.3) is 5.56 Å². The number of rotatable bonds is 4. The third-order valence-electron chi connectivity index (χ3n) is 4.83. The van der Waals surface area contributed by atoms with Crippen LogP contribution in [0.2, 0.25) is 5.02 Å². The highest BCUT2D eigenvalue weighted by atomic mass is 35.5. The molecule has 2 heterocycles. The van der Waals surface area contributed by atoms with Crippen molar-refractivity contribution < 1.29 is 8.42 Å². The van der Waals surface area contributed by atoms with Gasteiger partial charge < -0.3 is 11.1 Å². The fraction of sp³-hybridized carbons (Fsp3) is 0.136. The third-order valence-corrected chi connectivity index (χ3v) is 5.14. The van der Waals surface area contributed by atoms with E-state index in [0.29, 0.717) is 16.2 Å². The van der Waals surface area contributed by atoms with Crippen molar-refractivity contribution in [3.8, 4) is 5.69 Å². The second-order valence-corrected chi connectivity index (χ2v) is 7.49. The van der Waals surface area contributed by atoms with Crippen LogP contribution < -0.4 is 16.6 Å². The first-order valence-corrected chi connectivity index (χ1v) is 10.6. The van der Waals surface area contributed by atoms with Gasteiger partial charge in [-0.05, 0) is 43.5 Å². The lowest BCUT2D eigenvalue weighted by atomic mass is 10.1. The Labute approximate surface area is 192 Å². The SMILES string of the molecule is Cc1cnc(N)nc1N[C@@H](C)c1cc2cccc(Cl)c2c(=O)n1-c1ccccc1.O=S=O. The first-order chi connectivity index (χ1) is 15.4. The monoisotopic (exact) mass is 469 g/mol. The molecule has 0 radical (unpaired) electrons. The van der Waals surface area contributed by atoms with Crippen molar-refractivity contribution in [1.29, 1.82) is 0 Å². The topological polar surface area (TPSA) is 120 Å². The number of anilines is 2. The average molecular weight is 470 g/mol. The van der Waals surface area contributed by atoms with Crippen LogP contribution in [0.15, 0.2) is 65.6 Å². The Bertz CT molecular complexity index is 1360. The zero-order valence-corrected chi connectivity index (χ0v) is 18.9. The van der Waals surface area contributed by atoms with Crippen LogP contribution in [0, 0.1) is 6.92 Å². The molecule has 10 heteroatoms. The number of hydrogen-bond donors (Lipinski definition) is 2. The number of nitrogen functional groups attached to an aromatic ring is 1. The van der Waals surface area contributed by atoms with Crippen LogP contribution in [0.5, 0.6) is 0 Å². The van der Waals surface area contributed by atoms with Gasteiger partial charge >= 0.3 is 11.6 Å². The molecule has 1 atom stereocenters. The Balaban J connectivity index is 0.000000913. The molecule has 0 saturated carbocycles. The molecule has 0 aliphatic heterocycles. The van der Waals surface area contributed by atoms with Crippen molar-refractivity contribution in [3.63, 3.8) is 0 Å². The van der Waals surface area contributed by atoms with Crippen molar-refractivity contribution in [2.75, 3.05) is 11.1 Å². The fourth-order valence-electron chi connectivity index (χ4n) is 3.38. The number of nitrogens with one attached hydrogen (secondary N) is 1. The minimum absolute atomic E-state index is 0.165. The van der Waals surface area contributed by atoms with Crippen molar-refractivity contribution in [3.05, 3.63) is 87.4 Å². The summed E-state index contributed by atoms with van der Waals surface area (Å²) in [5, 5.41) is 5.08. The van der Waals surface area contributed by atoms with Crippen molar-refractivity contribution in [2.24, 2.45) is 0 Å². The molecule has 8 nitrogen and oxygen atoms in total. The lowest BCUT2D eigenvalue weighted by Crippen LogP contribution is -2.26. The molecular weight excluding hydrogens is 450 g/mol. The smallest absolute Gasteiger partial charge is 0.335 e. The maximum Gasteiger partial charge on any atom is 0.335 e. The minimum atomic E-state index is -0.750. The summed E-state index contributed by atoms with van der Waals surface area (Å²) < 4.78 is 18.3. The van der Waals surface area contributed by atoms with E-state index < -0.39 is 11.6 Å². The number of fused-ring (bicyclic) bond motifs is 1. The Morgan fingerprint density at radius 1 is 1.12 bits per heavy atom. The highest BCUT2D eigenvalue weighted by Gasteiger charge is 2.18. The zero-order valence-electron chi connectivity index (χ0n) is 17.3. The summed E-state index contributed by atoms with van der Waals surface area (Å²) in [6, 6.07) is 16.7. The summed E-state index contributed by atoms with van der Waals surface area (Å²) >= 11 is 5.61. The molecule has 2 aromatic heterocycles. The molecular formula is C22H20ClN5O3S. The summed E-state index contributed by atoms with van der Waals surface area (Å²) in [5.41, 5.74) is 8.00. The first kappa shape index (κ1) is 23.1. The maximum absolute atomic E-state index is 13.5. The Morgan fingerprint density at radius 2 is 1.81 bits per heavy atom. The van der Waals surface area contributed by atoms with Gasteiger partial charge in [0.2, 0.25) is 5.95 Å². The normalized spacial score (nSPS) is 11.3. The van der Waals surface area contributed by atoms with Gasteiger partial charge in [0, 0.05) is 23.1 Å². The van der Waals surface area contributed by atoms with Crippen LogP contribution in [0.4, 0.5) is 11.8 Å². The summed E-state index contributed by atoms with van der Waals surface area (Å²) in [6.07, 6.45) is 1.67. The molecule has 0 aliphatic rings. The predicted molar refractivity (Wildman–Crippen MR) is 127 cm³/mol. The molecule has 0 spiro atoms. The minimum Gasteiger partial charge on any atom is -0.368 e. The van der Waals surface area contributed by atoms with Gasteiger partial charge in [-0.1, -0.05) is 41.9 Å². The molecule has 4 rings (SSSR count). The van der Waals surface area contributed by atoms with E-state index in [1.165, 1.54) is 0 Å². The number of aryl methyl sites for hydroxylation is 1. The van der Waals surface area contributed by atoms with E-state index in [9.17, 15) is 4.79 Å². The molecule has 4 aromatic rings. The maximum atomic E-state index is 13.5. The summed E-state index contributed by atoms with van der Waals surface area (Å²) in [4.78, 5) is 21.7. The van der Waals surface area contributed by atoms with Crippen LogP contribution in [-0.2, 0) is 11.6 Å². The van der Waals surface area contributed by atoms with Crippen LogP contribution >= 0.6 is 11.6 Å². The summed E-state index contributed by atoms with van der Waals surface area (Å²) in [7, 11) is 0. The number of aromatic nitrogens is 3. The van der Waals surface area contributed by atoms with Gasteiger partial charge in [-0.15, -0.1) is 0 Å². The van der Waals surface area contributed by atoms with Crippen molar-refractivity contribution >= 4 is 45.7 Å². The fourth-order valence-corrected chi connectivity index (χ4v) is 3.65. The van der Waals surface area contributed by atoms with E-state index in [1.807, 2.05) is 62.4 Å². The Hall–Kier alpha value is -3.56. The lowest BCUT2D eigenvalue weighted by molar-refractivity contribution is 0.630. The number of benzene rings is 2. The number of nitrogens with two attached hydrogens (primary N) is 1. The number of halogens is 1. The molecule has 164 valence electrons.